The number of fused-ring (bicyclic) bond motifs is 1. The van der Waals surface area contributed by atoms with Crippen LogP contribution in [0.3, 0.4) is 0 Å². The van der Waals surface area contributed by atoms with Gasteiger partial charge in [-0.25, -0.2) is 9.59 Å². The molecule has 0 fully saturated rings. The van der Waals surface area contributed by atoms with Gasteiger partial charge >= 0.3 is 11.6 Å². The molecular formula is C21H17BrO5. The molecule has 6 heteroatoms. The van der Waals surface area contributed by atoms with Gasteiger partial charge in [-0.05, 0) is 42.8 Å². The first-order chi connectivity index (χ1) is 13.0. The summed E-state index contributed by atoms with van der Waals surface area (Å²) in [6.07, 6.45) is 1.53. The number of carbonyl (C=O) groups excluding carboxylic acids is 1. The van der Waals surface area contributed by atoms with Gasteiger partial charge in [0.25, 0.3) is 0 Å². The molecule has 0 radical (unpaired) electrons. The minimum atomic E-state index is -0.685. The molecule has 3 rings (SSSR count). The van der Waals surface area contributed by atoms with E-state index in [0.717, 1.165) is 10.0 Å². The predicted molar refractivity (Wildman–Crippen MR) is 107 cm³/mol. The molecule has 0 aliphatic carbocycles. The largest absolute Gasteiger partial charge is 0.507 e. The van der Waals surface area contributed by atoms with Crippen LogP contribution in [-0.2, 0) is 16.0 Å². The Bertz CT molecular complexity index is 1080. The molecule has 138 valence electrons. The van der Waals surface area contributed by atoms with Crippen molar-refractivity contribution < 1.29 is 19.1 Å². The van der Waals surface area contributed by atoms with Gasteiger partial charge in [0.05, 0.1) is 17.6 Å². The third kappa shape index (κ3) is 4.28. The highest BCUT2D eigenvalue weighted by Gasteiger charge is 2.19. The second-order valence-corrected chi connectivity index (χ2v) is 6.75. The highest BCUT2D eigenvalue weighted by atomic mass is 79.9. The van der Waals surface area contributed by atoms with Crippen molar-refractivity contribution >= 4 is 38.9 Å². The van der Waals surface area contributed by atoms with Crippen molar-refractivity contribution in [2.45, 2.75) is 13.3 Å². The molecule has 0 aliphatic rings. The summed E-state index contributed by atoms with van der Waals surface area (Å²) in [4.78, 5) is 24.8. The lowest BCUT2D eigenvalue weighted by Gasteiger charge is -2.10. The Balaban J connectivity index is 2.08. The lowest BCUT2D eigenvalue weighted by atomic mass is 10.0. The molecule has 0 saturated heterocycles. The summed E-state index contributed by atoms with van der Waals surface area (Å²) < 4.78 is 11.2. The van der Waals surface area contributed by atoms with Gasteiger partial charge in [0.1, 0.15) is 11.3 Å². The van der Waals surface area contributed by atoms with Gasteiger partial charge in [0.2, 0.25) is 0 Å². The predicted octanol–water partition coefficient (Wildman–Crippen LogP) is 4.45. The van der Waals surface area contributed by atoms with E-state index in [4.69, 9.17) is 9.15 Å². The van der Waals surface area contributed by atoms with Crippen LogP contribution in [0.2, 0.25) is 0 Å². The lowest BCUT2D eigenvalue weighted by molar-refractivity contribution is -0.138. The number of rotatable bonds is 5. The summed E-state index contributed by atoms with van der Waals surface area (Å²) in [5.41, 5.74) is 0.626. The maximum atomic E-state index is 12.4. The molecular weight excluding hydrogens is 412 g/mol. The van der Waals surface area contributed by atoms with Crippen molar-refractivity contribution in [3.63, 3.8) is 0 Å². The van der Waals surface area contributed by atoms with Gasteiger partial charge in [-0.2, -0.15) is 0 Å². The Hall–Kier alpha value is -2.86. The van der Waals surface area contributed by atoms with Crippen LogP contribution < -0.4 is 5.63 Å². The minimum absolute atomic E-state index is 0.0167. The first-order valence-corrected chi connectivity index (χ1v) is 9.16. The molecule has 1 heterocycles. The monoisotopic (exact) mass is 428 g/mol. The van der Waals surface area contributed by atoms with Crippen molar-refractivity contribution in [3.05, 3.63) is 80.1 Å². The van der Waals surface area contributed by atoms with E-state index < -0.39 is 11.6 Å². The number of halogens is 1. The Morgan fingerprint density at radius 1 is 1.22 bits per heavy atom. The Labute approximate surface area is 164 Å². The van der Waals surface area contributed by atoms with Crippen LogP contribution in [0.5, 0.6) is 5.75 Å². The number of hydrogen-bond donors (Lipinski definition) is 1. The average molecular weight is 429 g/mol. The van der Waals surface area contributed by atoms with E-state index in [9.17, 15) is 14.7 Å². The number of para-hydroxylation sites is 1. The fraction of sp³-hybridized carbons (Fsp3) is 0.143. The summed E-state index contributed by atoms with van der Waals surface area (Å²) >= 11 is 3.39. The molecule has 0 unspecified atom stereocenters. The van der Waals surface area contributed by atoms with Gasteiger partial charge in [-0.15, -0.1) is 0 Å². The molecule has 0 spiro atoms. The number of aromatic hydroxyl groups is 1. The van der Waals surface area contributed by atoms with Gasteiger partial charge in [-0.1, -0.05) is 40.2 Å². The number of ether oxygens (including phenoxy) is 1. The normalized spacial score (nSPS) is 11.6. The molecule has 5 nitrogen and oxygen atoms in total. The highest BCUT2D eigenvalue weighted by molar-refractivity contribution is 9.10. The summed E-state index contributed by atoms with van der Waals surface area (Å²) in [7, 11) is 0. The first-order valence-electron chi connectivity index (χ1n) is 8.36. The fourth-order valence-electron chi connectivity index (χ4n) is 2.72. The summed E-state index contributed by atoms with van der Waals surface area (Å²) in [6, 6.07) is 14.1. The van der Waals surface area contributed by atoms with E-state index in [1.807, 2.05) is 24.3 Å². The van der Waals surface area contributed by atoms with Gasteiger partial charge in [0.15, 0.2) is 0 Å². The van der Waals surface area contributed by atoms with E-state index in [0.29, 0.717) is 5.39 Å². The molecule has 2 aromatic carbocycles. The molecule has 0 amide bonds. The van der Waals surface area contributed by atoms with E-state index >= 15 is 0 Å². The second-order valence-electron chi connectivity index (χ2n) is 5.83. The maximum absolute atomic E-state index is 12.4. The molecule has 0 atom stereocenters. The zero-order chi connectivity index (χ0) is 19.4. The minimum Gasteiger partial charge on any atom is -0.507 e. The van der Waals surface area contributed by atoms with Crippen LogP contribution in [-0.4, -0.2) is 17.7 Å². The van der Waals surface area contributed by atoms with Gasteiger partial charge < -0.3 is 14.3 Å². The molecule has 3 aromatic rings. The topological polar surface area (TPSA) is 76.7 Å². The standard InChI is InChI=1S/C21H17BrO5/c1-2-26-20(24)14(10-13-6-5-7-15(22)11-13)12-17-19(23)16-8-3-4-9-18(16)27-21(17)25/h3-11,23H,2,12H2,1H3/b14-10+. The van der Waals surface area contributed by atoms with Crippen LogP contribution in [0.15, 0.2) is 67.8 Å². The van der Waals surface area contributed by atoms with Crippen LogP contribution in [0.1, 0.15) is 18.1 Å². The summed E-state index contributed by atoms with van der Waals surface area (Å²) in [5.74, 6) is -0.740. The molecule has 0 bridgehead atoms. The van der Waals surface area contributed by atoms with Crippen molar-refractivity contribution in [3.8, 4) is 5.75 Å². The third-order valence-electron chi connectivity index (χ3n) is 3.97. The number of esters is 1. The van der Waals surface area contributed by atoms with Crippen molar-refractivity contribution in [1.29, 1.82) is 0 Å². The van der Waals surface area contributed by atoms with E-state index in [-0.39, 0.29) is 35.5 Å². The Kier molecular flexibility index (Phi) is 5.76. The molecule has 1 N–H and O–H groups in total. The zero-order valence-electron chi connectivity index (χ0n) is 14.6. The molecule has 1 aromatic heterocycles. The Morgan fingerprint density at radius 3 is 2.74 bits per heavy atom. The first kappa shape index (κ1) is 18.9. The van der Waals surface area contributed by atoms with Crippen LogP contribution in [0.25, 0.3) is 17.0 Å². The van der Waals surface area contributed by atoms with E-state index in [1.54, 1.807) is 37.3 Å². The van der Waals surface area contributed by atoms with E-state index in [2.05, 4.69) is 15.9 Å². The van der Waals surface area contributed by atoms with E-state index in [1.165, 1.54) is 0 Å². The Morgan fingerprint density at radius 2 is 2.00 bits per heavy atom. The molecule has 27 heavy (non-hydrogen) atoms. The number of benzene rings is 2. The smallest absolute Gasteiger partial charge is 0.343 e. The quantitative estimate of drug-likeness (QED) is 0.369. The maximum Gasteiger partial charge on any atom is 0.343 e. The highest BCUT2D eigenvalue weighted by Crippen LogP contribution is 2.28. The van der Waals surface area contributed by atoms with Gasteiger partial charge in [-0.3, -0.25) is 0 Å². The lowest BCUT2D eigenvalue weighted by Crippen LogP contribution is -2.15. The van der Waals surface area contributed by atoms with Crippen molar-refractivity contribution in [1.82, 2.24) is 0 Å². The molecule has 0 aliphatic heterocycles. The fourth-order valence-corrected chi connectivity index (χ4v) is 3.14. The summed E-state index contributed by atoms with van der Waals surface area (Å²) in [6.45, 7) is 1.91. The number of hydrogen-bond acceptors (Lipinski definition) is 5. The zero-order valence-corrected chi connectivity index (χ0v) is 16.2. The van der Waals surface area contributed by atoms with Crippen LogP contribution >= 0.6 is 15.9 Å². The summed E-state index contributed by atoms with van der Waals surface area (Å²) in [5, 5.41) is 11.0. The van der Waals surface area contributed by atoms with Crippen LogP contribution in [0, 0.1) is 0 Å². The second kappa shape index (κ2) is 8.22. The van der Waals surface area contributed by atoms with Crippen molar-refractivity contribution in [2.24, 2.45) is 0 Å². The van der Waals surface area contributed by atoms with Gasteiger partial charge in [0, 0.05) is 16.5 Å². The number of carbonyl (C=O) groups is 1. The third-order valence-corrected chi connectivity index (χ3v) is 4.46. The van der Waals surface area contributed by atoms with Crippen LogP contribution in [0.4, 0.5) is 0 Å². The molecule has 0 saturated carbocycles. The SMILES string of the molecule is CCOC(=O)/C(=C/c1cccc(Br)c1)Cc1c(O)c2ccccc2oc1=O. The average Bonchev–Trinajstić information content (AvgIpc) is 2.64. The van der Waals surface area contributed by atoms with Crippen molar-refractivity contribution in [2.75, 3.05) is 6.61 Å².